The summed E-state index contributed by atoms with van der Waals surface area (Å²) >= 11 is 11.9. The summed E-state index contributed by atoms with van der Waals surface area (Å²) < 4.78 is 5.55. The highest BCUT2D eigenvalue weighted by atomic mass is 35.5. The van der Waals surface area contributed by atoms with Gasteiger partial charge in [0, 0.05) is 13.1 Å². The summed E-state index contributed by atoms with van der Waals surface area (Å²) in [6.45, 7) is 3.44. The highest BCUT2D eigenvalue weighted by Gasteiger charge is 2.23. The van der Waals surface area contributed by atoms with Crippen LogP contribution in [0.5, 0.6) is 5.75 Å². The lowest BCUT2D eigenvalue weighted by Crippen LogP contribution is -2.42. The number of rotatable bonds is 5. The molecule has 0 aliphatic carbocycles. The van der Waals surface area contributed by atoms with E-state index < -0.39 is 6.10 Å². The van der Waals surface area contributed by atoms with Crippen LogP contribution < -0.4 is 4.74 Å². The van der Waals surface area contributed by atoms with Gasteiger partial charge in [0.2, 0.25) is 0 Å². The molecule has 1 amide bonds. The number of hydrogen-bond donors (Lipinski definition) is 0. The summed E-state index contributed by atoms with van der Waals surface area (Å²) in [6, 6.07) is 6.85. The second-order valence-electron chi connectivity index (χ2n) is 4.47. The van der Waals surface area contributed by atoms with Crippen molar-refractivity contribution in [3.8, 4) is 11.8 Å². The van der Waals surface area contributed by atoms with Gasteiger partial charge in [-0.05, 0) is 26.0 Å². The minimum Gasteiger partial charge on any atom is -0.479 e. The monoisotopic (exact) mass is 314 g/mol. The molecule has 2 atom stereocenters. The van der Waals surface area contributed by atoms with E-state index in [1.165, 1.54) is 4.90 Å². The molecule has 0 radical (unpaired) electrons. The van der Waals surface area contributed by atoms with Crippen molar-refractivity contribution in [3.63, 3.8) is 0 Å². The van der Waals surface area contributed by atoms with Crippen LogP contribution in [0.15, 0.2) is 18.2 Å². The molecule has 0 heterocycles. The Kier molecular flexibility index (Phi) is 6.12. The van der Waals surface area contributed by atoms with E-state index >= 15 is 0 Å². The molecule has 1 aromatic rings. The number of carbonyl (C=O) groups excluding carboxylic acids is 1. The largest absolute Gasteiger partial charge is 0.479 e. The van der Waals surface area contributed by atoms with E-state index in [0.29, 0.717) is 10.8 Å². The van der Waals surface area contributed by atoms with Gasteiger partial charge in [-0.3, -0.25) is 4.79 Å². The molecule has 20 heavy (non-hydrogen) atoms. The minimum absolute atomic E-state index is 0.173. The fourth-order valence-electron chi connectivity index (χ4n) is 1.59. The van der Waals surface area contributed by atoms with Crippen LogP contribution in [0.4, 0.5) is 0 Å². The van der Waals surface area contributed by atoms with Gasteiger partial charge in [0.15, 0.2) is 6.10 Å². The Bertz CT molecular complexity index is 528. The number of hydrogen-bond acceptors (Lipinski definition) is 3. The second-order valence-corrected chi connectivity index (χ2v) is 5.26. The zero-order valence-electron chi connectivity index (χ0n) is 11.6. The van der Waals surface area contributed by atoms with Crippen molar-refractivity contribution in [3.05, 3.63) is 28.2 Å². The van der Waals surface area contributed by atoms with Crippen molar-refractivity contribution >= 4 is 29.1 Å². The van der Waals surface area contributed by atoms with Gasteiger partial charge in [-0.25, -0.2) is 0 Å². The maximum absolute atomic E-state index is 12.2. The summed E-state index contributed by atoms with van der Waals surface area (Å²) in [5.74, 6) is 0.144. The Hall–Kier alpha value is -1.44. The number of nitriles is 1. The number of likely N-dealkylation sites (N-methyl/N-ethyl adjacent to an activating group) is 1. The first kappa shape index (κ1) is 16.6. The number of halogens is 2. The number of ether oxygens (including phenoxy) is 1. The van der Waals surface area contributed by atoms with Gasteiger partial charge >= 0.3 is 0 Å². The van der Waals surface area contributed by atoms with Crippen LogP contribution in [0.2, 0.25) is 10.0 Å². The molecule has 0 bridgehead atoms. The Morgan fingerprint density at radius 2 is 2.10 bits per heavy atom. The smallest absolute Gasteiger partial charge is 0.263 e. The Labute approximate surface area is 128 Å². The molecule has 0 fully saturated rings. The number of benzene rings is 1. The summed E-state index contributed by atoms with van der Waals surface area (Å²) in [4.78, 5) is 13.7. The van der Waals surface area contributed by atoms with Gasteiger partial charge in [-0.15, -0.1) is 0 Å². The molecular weight excluding hydrogens is 299 g/mol. The van der Waals surface area contributed by atoms with Gasteiger partial charge in [0.25, 0.3) is 5.91 Å². The van der Waals surface area contributed by atoms with Crippen LogP contribution in [-0.2, 0) is 4.79 Å². The van der Waals surface area contributed by atoms with Crippen LogP contribution in [0.3, 0.4) is 0 Å². The average Bonchev–Trinajstić information content (AvgIpc) is 2.42. The van der Waals surface area contributed by atoms with Crippen molar-refractivity contribution in [2.24, 2.45) is 0 Å². The molecule has 0 spiro atoms. The van der Waals surface area contributed by atoms with Crippen LogP contribution in [-0.4, -0.2) is 30.0 Å². The molecule has 6 heteroatoms. The van der Waals surface area contributed by atoms with E-state index in [2.05, 4.69) is 0 Å². The van der Waals surface area contributed by atoms with Crippen LogP contribution in [0, 0.1) is 11.3 Å². The topological polar surface area (TPSA) is 53.3 Å². The third-order valence-electron chi connectivity index (χ3n) is 2.96. The van der Waals surface area contributed by atoms with Crippen LogP contribution in [0.1, 0.15) is 20.3 Å². The summed E-state index contributed by atoms with van der Waals surface area (Å²) in [5, 5.41) is 9.31. The summed E-state index contributed by atoms with van der Waals surface area (Å²) in [7, 11) is 1.64. The molecule has 0 aromatic heterocycles. The van der Waals surface area contributed by atoms with Crippen molar-refractivity contribution in [1.29, 1.82) is 5.26 Å². The summed E-state index contributed by atoms with van der Waals surface area (Å²) in [5.41, 5.74) is 0. The lowest BCUT2D eigenvalue weighted by Gasteiger charge is -2.26. The first-order valence-electron chi connectivity index (χ1n) is 6.12. The highest BCUT2D eigenvalue weighted by molar-refractivity contribution is 6.42. The maximum Gasteiger partial charge on any atom is 0.263 e. The standard InChI is InChI=1S/C14H16Cl2N2O2/c1-9(7-8-17)18(3)14(19)10(2)20-12-6-4-5-11(15)13(12)16/h4-6,9-10H,7H2,1-3H3. The molecule has 0 saturated heterocycles. The van der Waals surface area contributed by atoms with E-state index in [0.717, 1.165) is 0 Å². The summed E-state index contributed by atoms with van der Waals surface area (Å²) in [6.07, 6.45) is -0.440. The Morgan fingerprint density at radius 3 is 2.70 bits per heavy atom. The predicted molar refractivity (Wildman–Crippen MR) is 79.0 cm³/mol. The molecule has 0 N–H and O–H groups in total. The van der Waals surface area contributed by atoms with Gasteiger partial charge < -0.3 is 9.64 Å². The first-order chi connectivity index (χ1) is 9.38. The zero-order valence-corrected chi connectivity index (χ0v) is 13.1. The van der Waals surface area contributed by atoms with Gasteiger partial charge in [-0.2, -0.15) is 5.26 Å². The Morgan fingerprint density at radius 1 is 1.45 bits per heavy atom. The quantitative estimate of drug-likeness (QED) is 0.835. The van der Waals surface area contributed by atoms with Gasteiger partial charge in [0.1, 0.15) is 10.8 Å². The third-order valence-corrected chi connectivity index (χ3v) is 3.76. The normalized spacial score (nSPS) is 13.2. The van der Waals surface area contributed by atoms with E-state index in [9.17, 15) is 4.79 Å². The minimum atomic E-state index is -0.711. The molecule has 108 valence electrons. The fourth-order valence-corrected chi connectivity index (χ4v) is 1.93. The van der Waals surface area contributed by atoms with Gasteiger partial charge in [-0.1, -0.05) is 29.3 Å². The lowest BCUT2D eigenvalue weighted by molar-refractivity contribution is -0.138. The number of nitrogens with zero attached hydrogens (tertiary/aromatic N) is 2. The van der Waals surface area contributed by atoms with Crippen molar-refractivity contribution in [2.75, 3.05) is 7.05 Å². The molecule has 2 unspecified atom stereocenters. The second kappa shape index (κ2) is 7.37. The molecular formula is C14H16Cl2N2O2. The fraction of sp³-hybridized carbons (Fsp3) is 0.429. The Balaban J connectivity index is 2.76. The van der Waals surface area contributed by atoms with E-state index in [4.69, 9.17) is 33.2 Å². The van der Waals surface area contributed by atoms with Crippen molar-refractivity contribution < 1.29 is 9.53 Å². The zero-order chi connectivity index (χ0) is 15.3. The van der Waals surface area contributed by atoms with Crippen LogP contribution in [0.25, 0.3) is 0 Å². The van der Waals surface area contributed by atoms with E-state index in [1.807, 2.05) is 6.07 Å². The van der Waals surface area contributed by atoms with Crippen molar-refractivity contribution in [2.45, 2.75) is 32.4 Å². The lowest BCUT2D eigenvalue weighted by atomic mass is 10.2. The highest BCUT2D eigenvalue weighted by Crippen LogP contribution is 2.32. The number of amides is 1. The number of carbonyl (C=O) groups is 1. The SMILES string of the molecule is CC(Oc1cccc(Cl)c1Cl)C(=O)N(C)C(C)CC#N. The van der Waals surface area contributed by atoms with E-state index in [1.54, 1.807) is 39.1 Å². The first-order valence-corrected chi connectivity index (χ1v) is 6.88. The van der Waals surface area contributed by atoms with Crippen LogP contribution >= 0.6 is 23.2 Å². The maximum atomic E-state index is 12.2. The van der Waals surface area contributed by atoms with Crippen molar-refractivity contribution in [1.82, 2.24) is 4.90 Å². The molecule has 0 aliphatic heterocycles. The molecule has 1 aromatic carbocycles. The molecule has 0 saturated carbocycles. The van der Waals surface area contributed by atoms with Gasteiger partial charge in [0.05, 0.1) is 17.5 Å². The molecule has 1 rings (SSSR count). The molecule has 4 nitrogen and oxygen atoms in total. The molecule has 0 aliphatic rings. The third kappa shape index (κ3) is 4.03. The van der Waals surface area contributed by atoms with E-state index in [-0.39, 0.29) is 23.4 Å². The average molecular weight is 315 g/mol. The predicted octanol–water partition coefficient (Wildman–Crippen LogP) is 3.52.